The van der Waals surface area contributed by atoms with Gasteiger partial charge >= 0.3 is 0 Å². The van der Waals surface area contributed by atoms with E-state index in [4.69, 9.17) is 25.8 Å². The summed E-state index contributed by atoms with van der Waals surface area (Å²) in [5.41, 5.74) is 0.683. The van der Waals surface area contributed by atoms with Crippen LogP contribution >= 0.6 is 11.6 Å². The highest BCUT2D eigenvalue weighted by atomic mass is 35.5. The number of hydrogen-bond donors (Lipinski definition) is 0. The molecule has 102 valence electrons. The maximum atomic E-state index is 6.16. The van der Waals surface area contributed by atoms with Crippen molar-refractivity contribution in [1.29, 1.82) is 0 Å². The van der Waals surface area contributed by atoms with Gasteiger partial charge in [-0.2, -0.15) is 0 Å². The highest BCUT2D eigenvalue weighted by Crippen LogP contribution is 2.32. The molecule has 0 fully saturated rings. The fraction of sp³-hybridized carbons (Fsp3) is 0.357. The third-order valence-electron chi connectivity index (χ3n) is 2.57. The van der Waals surface area contributed by atoms with Crippen molar-refractivity contribution in [3.63, 3.8) is 0 Å². The first-order valence-corrected chi connectivity index (χ1v) is 6.48. The molecule has 0 atom stereocenters. The molecule has 0 saturated carbocycles. The van der Waals surface area contributed by atoms with Crippen LogP contribution in [0.1, 0.15) is 6.92 Å². The molecule has 0 unspecified atom stereocenters. The number of rotatable bonds is 6. The van der Waals surface area contributed by atoms with Crippen LogP contribution in [0.3, 0.4) is 0 Å². The summed E-state index contributed by atoms with van der Waals surface area (Å²) >= 11 is 6.16. The lowest BCUT2D eigenvalue weighted by Gasteiger charge is -2.11. The highest BCUT2D eigenvalue weighted by Gasteiger charge is 2.10. The van der Waals surface area contributed by atoms with Gasteiger partial charge in [0.15, 0.2) is 0 Å². The predicted octanol–water partition coefficient (Wildman–Crippen LogP) is 3.31. The zero-order valence-corrected chi connectivity index (χ0v) is 11.7. The van der Waals surface area contributed by atoms with Gasteiger partial charge in [-0.1, -0.05) is 17.7 Å². The topological polar surface area (TPSA) is 40.6 Å². The van der Waals surface area contributed by atoms with E-state index in [9.17, 15) is 0 Å². The maximum absolute atomic E-state index is 6.16. The van der Waals surface area contributed by atoms with Crippen LogP contribution in [0, 0.1) is 0 Å². The van der Waals surface area contributed by atoms with Gasteiger partial charge in [0.2, 0.25) is 5.88 Å². The van der Waals surface area contributed by atoms with Gasteiger partial charge in [0.1, 0.15) is 12.4 Å². The van der Waals surface area contributed by atoms with Crippen LogP contribution in [0.2, 0.25) is 5.02 Å². The van der Waals surface area contributed by atoms with Crippen LogP contribution in [-0.4, -0.2) is 31.9 Å². The summed E-state index contributed by atoms with van der Waals surface area (Å²) in [6.07, 6.45) is 0. The SMILES string of the molecule is CCOc1cc(OCCOC)nc2c(Cl)cccc12. The molecule has 0 aliphatic carbocycles. The minimum Gasteiger partial charge on any atom is -0.493 e. The minimum atomic E-state index is 0.436. The Morgan fingerprint density at radius 2 is 2.05 bits per heavy atom. The van der Waals surface area contributed by atoms with Crippen molar-refractivity contribution in [3.05, 3.63) is 29.3 Å². The number of aromatic nitrogens is 1. The molecule has 0 aliphatic heterocycles. The number of para-hydroxylation sites is 1. The molecule has 19 heavy (non-hydrogen) atoms. The molecular weight excluding hydrogens is 266 g/mol. The van der Waals surface area contributed by atoms with E-state index in [0.717, 1.165) is 11.1 Å². The van der Waals surface area contributed by atoms with Gasteiger partial charge in [0, 0.05) is 18.6 Å². The fourth-order valence-electron chi connectivity index (χ4n) is 1.74. The van der Waals surface area contributed by atoms with Crippen molar-refractivity contribution in [2.75, 3.05) is 26.9 Å². The lowest BCUT2D eigenvalue weighted by Crippen LogP contribution is -2.06. The molecule has 4 nitrogen and oxygen atoms in total. The second-order valence-electron chi connectivity index (χ2n) is 3.87. The Balaban J connectivity index is 2.40. The first-order chi connectivity index (χ1) is 9.26. The van der Waals surface area contributed by atoms with Crippen LogP contribution in [-0.2, 0) is 4.74 Å². The summed E-state index contributed by atoms with van der Waals surface area (Å²) in [6.45, 7) is 3.45. The van der Waals surface area contributed by atoms with E-state index in [1.807, 2.05) is 19.1 Å². The van der Waals surface area contributed by atoms with Crippen molar-refractivity contribution >= 4 is 22.5 Å². The Morgan fingerprint density at radius 3 is 2.79 bits per heavy atom. The summed E-state index contributed by atoms with van der Waals surface area (Å²) in [5, 5.41) is 1.46. The van der Waals surface area contributed by atoms with E-state index in [2.05, 4.69) is 4.98 Å². The van der Waals surface area contributed by atoms with Crippen LogP contribution in [0.5, 0.6) is 11.6 Å². The summed E-state index contributed by atoms with van der Waals surface area (Å²) in [7, 11) is 1.62. The van der Waals surface area contributed by atoms with Crippen molar-refractivity contribution in [1.82, 2.24) is 4.98 Å². The third kappa shape index (κ3) is 3.28. The molecule has 0 spiro atoms. The molecule has 0 aliphatic rings. The number of ether oxygens (including phenoxy) is 3. The zero-order valence-electron chi connectivity index (χ0n) is 11.0. The molecule has 5 heteroatoms. The zero-order chi connectivity index (χ0) is 13.7. The monoisotopic (exact) mass is 281 g/mol. The van der Waals surface area contributed by atoms with Gasteiger partial charge < -0.3 is 14.2 Å². The lowest BCUT2D eigenvalue weighted by atomic mass is 10.2. The molecule has 2 rings (SSSR count). The van der Waals surface area contributed by atoms with Crippen LogP contribution in [0.15, 0.2) is 24.3 Å². The Kier molecular flexibility index (Phi) is 4.82. The van der Waals surface area contributed by atoms with Gasteiger partial charge in [0.25, 0.3) is 0 Å². The third-order valence-corrected chi connectivity index (χ3v) is 2.87. The number of hydrogen-bond acceptors (Lipinski definition) is 4. The molecule has 0 bridgehead atoms. The normalized spacial score (nSPS) is 10.7. The quantitative estimate of drug-likeness (QED) is 0.762. The van der Waals surface area contributed by atoms with E-state index in [1.54, 1.807) is 19.2 Å². The van der Waals surface area contributed by atoms with Gasteiger partial charge in [-0.05, 0) is 19.1 Å². The molecule has 2 aromatic rings. The lowest BCUT2D eigenvalue weighted by molar-refractivity contribution is 0.143. The number of fused-ring (bicyclic) bond motifs is 1. The average Bonchev–Trinajstić information content (AvgIpc) is 2.41. The van der Waals surface area contributed by atoms with E-state index in [0.29, 0.717) is 36.2 Å². The Bertz CT molecular complexity index is 560. The molecule has 1 aromatic heterocycles. The van der Waals surface area contributed by atoms with Crippen LogP contribution in [0.4, 0.5) is 0 Å². The largest absolute Gasteiger partial charge is 0.493 e. The molecule has 0 radical (unpaired) electrons. The Hall–Kier alpha value is -1.52. The van der Waals surface area contributed by atoms with Crippen molar-refractivity contribution in [3.8, 4) is 11.6 Å². The van der Waals surface area contributed by atoms with Gasteiger partial charge in [0.05, 0.1) is 23.8 Å². The smallest absolute Gasteiger partial charge is 0.217 e. The standard InChI is InChI=1S/C14H16ClNO3/c1-3-18-12-9-13(19-8-7-17-2)16-14-10(12)5-4-6-11(14)15/h4-6,9H,3,7-8H2,1-2H3. The van der Waals surface area contributed by atoms with Crippen LogP contribution in [0.25, 0.3) is 10.9 Å². The van der Waals surface area contributed by atoms with Gasteiger partial charge in [-0.15, -0.1) is 0 Å². The van der Waals surface area contributed by atoms with E-state index in [-0.39, 0.29) is 0 Å². The van der Waals surface area contributed by atoms with E-state index in [1.165, 1.54) is 0 Å². The first-order valence-electron chi connectivity index (χ1n) is 6.10. The fourth-order valence-corrected chi connectivity index (χ4v) is 1.96. The number of nitrogens with zero attached hydrogens (tertiary/aromatic N) is 1. The van der Waals surface area contributed by atoms with Crippen molar-refractivity contribution < 1.29 is 14.2 Å². The molecule has 0 N–H and O–H groups in total. The highest BCUT2D eigenvalue weighted by molar-refractivity contribution is 6.35. The summed E-state index contributed by atoms with van der Waals surface area (Å²) in [6, 6.07) is 7.38. The number of pyridine rings is 1. The van der Waals surface area contributed by atoms with Gasteiger partial charge in [-0.25, -0.2) is 4.98 Å². The summed E-state index contributed by atoms with van der Waals surface area (Å²) in [4.78, 5) is 4.40. The second-order valence-corrected chi connectivity index (χ2v) is 4.28. The average molecular weight is 282 g/mol. The molecular formula is C14H16ClNO3. The number of methoxy groups -OCH3 is 1. The van der Waals surface area contributed by atoms with Crippen LogP contribution < -0.4 is 9.47 Å². The number of halogens is 1. The molecule has 0 amide bonds. The minimum absolute atomic E-state index is 0.436. The number of benzene rings is 1. The maximum Gasteiger partial charge on any atom is 0.217 e. The molecule has 0 saturated heterocycles. The Morgan fingerprint density at radius 1 is 1.21 bits per heavy atom. The first kappa shape index (κ1) is 13.9. The second kappa shape index (κ2) is 6.59. The summed E-state index contributed by atoms with van der Waals surface area (Å²) in [5.74, 6) is 1.21. The predicted molar refractivity (Wildman–Crippen MR) is 75.3 cm³/mol. The summed E-state index contributed by atoms with van der Waals surface area (Å²) < 4.78 is 16.1. The van der Waals surface area contributed by atoms with E-state index >= 15 is 0 Å². The van der Waals surface area contributed by atoms with Crippen molar-refractivity contribution in [2.24, 2.45) is 0 Å². The van der Waals surface area contributed by atoms with E-state index < -0.39 is 0 Å². The van der Waals surface area contributed by atoms with Crippen molar-refractivity contribution in [2.45, 2.75) is 6.92 Å². The Labute approximate surface area is 117 Å². The molecule has 1 heterocycles. The molecule has 1 aromatic carbocycles. The van der Waals surface area contributed by atoms with Gasteiger partial charge in [-0.3, -0.25) is 0 Å².